The first-order valence-corrected chi connectivity index (χ1v) is 12.4. The van der Waals surface area contributed by atoms with Crippen LogP contribution in [0, 0.1) is 0 Å². The second-order valence-corrected chi connectivity index (χ2v) is 18.0. The van der Waals surface area contributed by atoms with Crippen LogP contribution in [0.1, 0.15) is 27.7 Å². The van der Waals surface area contributed by atoms with Crippen molar-refractivity contribution in [2.45, 2.75) is 41.0 Å². The summed E-state index contributed by atoms with van der Waals surface area (Å²) in [5, 5.41) is 0. The van der Waals surface area contributed by atoms with Crippen molar-refractivity contribution in [3.05, 3.63) is 9.85 Å². The quantitative estimate of drug-likeness (QED) is 0.551. The molecule has 0 aliphatic carbocycles. The maximum atomic E-state index is 5.49. The molecule has 1 nitrogen and oxygen atoms in total. The molecule has 0 aromatic carbocycles. The van der Waals surface area contributed by atoms with Gasteiger partial charge in [-0.2, -0.15) is 0 Å². The molecule has 0 aromatic heterocycles. The Morgan fingerprint density at radius 3 is 1.67 bits per heavy atom. The summed E-state index contributed by atoms with van der Waals surface area (Å²) in [6.45, 7) is 9.08. The molecule has 0 rings (SSSR count). The van der Waals surface area contributed by atoms with E-state index in [0.717, 1.165) is 0 Å². The summed E-state index contributed by atoms with van der Waals surface area (Å²) in [7, 11) is 1.82. The van der Waals surface area contributed by atoms with Crippen molar-refractivity contribution in [3.8, 4) is 0 Å². The second kappa shape index (κ2) is 5.89. The summed E-state index contributed by atoms with van der Waals surface area (Å²) in [4.78, 5) is 0. The molecule has 0 saturated heterocycles. The molecule has 0 amide bonds. The van der Waals surface area contributed by atoms with Gasteiger partial charge in [0.1, 0.15) is 0 Å². The van der Waals surface area contributed by atoms with E-state index in [1.807, 2.05) is 7.11 Å². The topological polar surface area (TPSA) is 9.23 Å². The normalized spacial score (nSPS) is 13.2. The van der Waals surface area contributed by atoms with Crippen LogP contribution >= 0.6 is 0 Å². The summed E-state index contributed by atoms with van der Waals surface area (Å²) in [6, 6.07) is 0. The molecule has 0 atom stereocenters. The van der Waals surface area contributed by atoms with E-state index in [1.54, 1.807) is 0 Å². The van der Waals surface area contributed by atoms with Gasteiger partial charge in [-0.1, -0.05) is 0 Å². The minimum absolute atomic E-state index is 1.36. The standard InChI is InChI=1S/C4H7O.3C2H5.Sn/c1-3-4-5-2;3*1-2;/h3H,1-2H3;3*1H2,2H3;. The van der Waals surface area contributed by atoms with Gasteiger partial charge < -0.3 is 0 Å². The Labute approximate surface area is 81.1 Å². The van der Waals surface area contributed by atoms with Gasteiger partial charge in [0.05, 0.1) is 0 Å². The molecule has 2 heteroatoms. The Morgan fingerprint density at radius 2 is 1.58 bits per heavy atom. The number of rotatable bonds is 5. The summed E-state index contributed by atoms with van der Waals surface area (Å²) >= 11 is -1.97. The molecule has 72 valence electrons. The van der Waals surface area contributed by atoms with E-state index in [-0.39, 0.29) is 0 Å². The Balaban J connectivity index is 4.68. The molecule has 0 aliphatic rings. The summed E-state index contributed by atoms with van der Waals surface area (Å²) < 4.78 is 11.0. The van der Waals surface area contributed by atoms with Gasteiger partial charge in [0.15, 0.2) is 0 Å². The molecule has 0 heterocycles. The van der Waals surface area contributed by atoms with E-state index in [1.165, 1.54) is 17.1 Å². The fourth-order valence-electron chi connectivity index (χ4n) is 1.91. The molecule has 0 spiro atoms. The van der Waals surface area contributed by atoms with Gasteiger partial charge in [-0.3, -0.25) is 0 Å². The number of methoxy groups -OCH3 is 1. The maximum absolute atomic E-state index is 5.49. The molecular weight excluding hydrogens is 255 g/mol. The summed E-state index contributed by atoms with van der Waals surface area (Å²) in [5.41, 5.74) is 0. The van der Waals surface area contributed by atoms with E-state index in [2.05, 4.69) is 33.8 Å². The monoisotopic (exact) mass is 278 g/mol. The van der Waals surface area contributed by atoms with Gasteiger partial charge in [0.25, 0.3) is 0 Å². The van der Waals surface area contributed by atoms with Crippen LogP contribution in [0.5, 0.6) is 0 Å². The summed E-state index contributed by atoms with van der Waals surface area (Å²) in [6.07, 6.45) is 2.19. The molecule has 0 aliphatic heterocycles. The van der Waals surface area contributed by atoms with Gasteiger partial charge in [-0.05, 0) is 0 Å². The fraction of sp³-hybridized carbons (Fsp3) is 0.800. The average Bonchev–Trinajstić information content (AvgIpc) is 2.14. The first kappa shape index (κ1) is 12.3. The zero-order chi connectivity index (χ0) is 9.61. The Hall–Kier alpha value is 0.339. The third-order valence-corrected chi connectivity index (χ3v) is 19.0. The van der Waals surface area contributed by atoms with Gasteiger partial charge in [-0.25, -0.2) is 0 Å². The molecule has 0 saturated carbocycles. The molecule has 0 unspecified atom stereocenters. The zero-order valence-electron chi connectivity index (χ0n) is 9.11. The predicted molar refractivity (Wildman–Crippen MR) is 58.0 cm³/mol. The Morgan fingerprint density at radius 1 is 1.17 bits per heavy atom. The molecule has 0 bridgehead atoms. The second-order valence-electron chi connectivity index (χ2n) is 3.20. The Bertz CT molecular complexity index is 140. The van der Waals surface area contributed by atoms with Gasteiger partial charge in [0, 0.05) is 0 Å². The van der Waals surface area contributed by atoms with Crippen LogP contribution in [-0.4, -0.2) is 25.5 Å². The van der Waals surface area contributed by atoms with Crippen LogP contribution < -0.4 is 0 Å². The van der Waals surface area contributed by atoms with Crippen molar-refractivity contribution in [1.82, 2.24) is 0 Å². The third-order valence-electron chi connectivity index (χ3n) is 3.04. The first-order chi connectivity index (χ1) is 5.70. The van der Waals surface area contributed by atoms with Crippen molar-refractivity contribution < 1.29 is 4.74 Å². The molecular formula is C10H22OSn. The third kappa shape index (κ3) is 2.41. The number of hydrogen-bond donors (Lipinski definition) is 0. The molecule has 0 radical (unpaired) electrons. The van der Waals surface area contributed by atoms with Crippen molar-refractivity contribution in [3.63, 3.8) is 0 Å². The van der Waals surface area contributed by atoms with Crippen molar-refractivity contribution in [1.29, 1.82) is 0 Å². The van der Waals surface area contributed by atoms with Crippen LogP contribution in [0.3, 0.4) is 0 Å². The number of ether oxygens (including phenoxy) is 1. The van der Waals surface area contributed by atoms with Crippen LogP contribution in [-0.2, 0) is 4.74 Å². The van der Waals surface area contributed by atoms with E-state index in [9.17, 15) is 0 Å². The van der Waals surface area contributed by atoms with E-state index >= 15 is 0 Å². The van der Waals surface area contributed by atoms with Gasteiger partial charge in [-0.15, -0.1) is 0 Å². The molecule has 0 fully saturated rings. The first-order valence-electron chi connectivity index (χ1n) is 4.91. The van der Waals surface area contributed by atoms with Crippen LogP contribution in [0.25, 0.3) is 0 Å². The fourth-order valence-corrected chi connectivity index (χ4v) is 12.2. The van der Waals surface area contributed by atoms with Crippen LogP contribution in [0.2, 0.25) is 13.3 Å². The van der Waals surface area contributed by atoms with E-state index < -0.39 is 18.4 Å². The molecule has 0 aromatic rings. The Kier molecular flexibility index (Phi) is 6.06. The van der Waals surface area contributed by atoms with E-state index in [0.29, 0.717) is 0 Å². The zero-order valence-corrected chi connectivity index (χ0v) is 12.0. The predicted octanol–water partition coefficient (Wildman–Crippen LogP) is 3.58. The summed E-state index contributed by atoms with van der Waals surface area (Å²) in [5.74, 6) is 0. The van der Waals surface area contributed by atoms with Gasteiger partial charge >= 0.3 is 81.1 Å². The van der Waals surface area contributed by atoms with Gasteiger partial charge in [0.2, 0.25) is 0 Å². The average molecular weight is 277 g/mol. The van der Waals surface area contributed by atoms with Crippen molar-refractivity contribution in [2.24, 2.45) is 0 Å². The van der Waals surface area contributed by atoms with Crippen molar-refractivity contribution in [2.75, 3.05) is 7.11 Å². The molecule has 12 heavy (non-hydrogen) atoms. The number of allylic oxidation sites excluding steroid dienone is 1. The van der Waals surface area contributed by atoms with E-state index in [4.69, 9.17) is 4.74 Å². The number of hydrogen-bond acceptors (Lipinski definition) is 1. The van der Waals surface area contributed by atoms with Crippen LogP contribution in [0.15, 0.2) is 9.85 Å². The molecule has 0 N–H and O–H groups in total. The van der Waals surface area contributed by atoms with Crippen molar-refractivity contribution >= 4 is 18.4 Å². The minimum atomic E-state index is -1.97. The van der Waals surface area contributed by atoms with Crippen LogP contribution in [0.4, 0.5) is 0 Å². The SMILES string of the molecule is CC=[C](OC)[Sn]([CH2]C)([CH2]C)[CH2]C.